The Morgan fingerprint density at radius 1 is 1.14 bits per heavy atom. The van der Waals surface area contributed by atoms with E-state index in [-0.39, 0.29) is 30.2 Å². The standard InChI is InChI=1S/C21H20N4O3S/c1-13-3-5-14(6-4-13)19(27)22-21-24-23-20(28-21)15-11-18(26)25(12-15)16-7-9-17(29-2)10-8-16/h3-10,15H,11-12H2,1-2H3,(H,22,24,27)/t15-/m0/s1. The third-order valence-electron chi connectivity index (χ3n) is 4.83. The number of nitrogens with zero attached hydrogens (tertiary/aromatic N) is 3. The molecule has 0 aliphatic carbocycles. The van der Waals surface area contributed by atoms with Crippen molar-refractivity contribution in [2.75, 3.05) is 23.0 Å². The highest BCUT2D eigenvalue weighted by Crippen LogP contribution is 2.32. The van der Waals surface area contributed by atoms with Gasteiger partial charge in [0.1, 0.15) is 0 Å². The minimum absolute atomic E-state index is 0.00958. The number of carbonyl (C=O) groups excluding carboxylic acids is 2. The van der Waals surface area contributed by atoms with Crippen LogP contribution in [0.2, 0.25) is 0 Å². The second-order valence-corrected chi connectivity index (χ2v) is 7.75. The predicted molar refractivity (Wildman–Crippen MR) is 111 cm³/mol. The lowest BCUT2D eigenvalue weighted by molar-refractivity contribution is -0.117. The largest absolute Gasteiger partial charge is 0.407 e. The van der Waals surface area contributed by atoms with Gasteiger partial charge in [0, 0.05) is 29.1 Å². The number of hydrogen-bond acceptors (Lipinski definition) is 6. The average molecular weight is 408 g/mol. The van der Waals surface area contributed by atoms with Crippen molar-refractivity contribution in [3.8, 4) is 0 Å². The number of aromatic nitrogens is 2. The van der Waals surface area contributed by atoms with Crippen LogP contribution in [0, 0.1) is 6.92 Å². The van der Waals surface area contributed by atoms with E-state index in [0.29, 0.717) is 18.0 Å². The van der Waals surface area contributed by atoms with E-state index in [4.69, 9.17) is 4.42 Å². The summed E-state index contributed by atoms with van der Waals surface area (Å²) in [6, 6.07) is 15.1. The number of anilines is 2. The lowest BCUT2D eigenvalue weighted by atomic mass is 10.1. The maximum absolute atomic E-state index is 12.5. The molecule has 0 spiro atoms. The van der Waals surface area contributed by atoms with Crippen molar-refractivity contribution in [2.24, 2.45) is 0 Å². The van der Waals surface area contributed by atoms with Crippen molar-refractivity contribution in [3.05, 3.63) is 65.5 Å². The molecular formula is C21H20N4O3S. The van der Waals surface area contributed by atoms with Gasteiger partial charge in [-0.3, -0.25) is 14.9 Å². The molecular weight excluding hydrogens is 388 g/mol. The van der Waals surface area contributed by atoms with Crippen molar-refractivity contribution < 1.29 is 14.0 Å². The molecule has 2 heterocycles. The van der Waals surface area contributed by atoms with Crippen LogP contribution in [0.3, 0.4) is 0 Å². The maximum Gasteiger partial charge on any atom is 0.322 e. The number of benzene rings is 2. The Hall–Kier alpha value is -3.13. The summed E-state index contributed by atoms with van der Waals surface area (Å²) in [5.74, 6) is -0.172. The first-order valence-electron chi connectivity index (χ1n) is 9.19. The molecule has 1 aromatic heterocycles. The molecule has 1 atom stereocenters. The molecule has 1 saturated heterocycles. The molecule has 0 unspecified atom stereocenters. The van der Waals surface area contributed by atoms with Gasteiger partial charge in [0.2, 0.25) is 11.8 Å². The number of thioether (sulfide) groups is 1. The number of nitrogens with one attached hydrogen (secondary N) is 1. The Labute approximate surface area is 172 Å². The summed E-state index contributed by atoms with van der Waals surface area (Å²) in [6.07, 6.45) is 2.30. The second-order valence-electron chi connectivity index (χ2n) is 6.87. The smallest absolute Gasteiger partial charge is 0.322 e. The van der Waals surface area contributed by atoms with Crippen molar-refractivity contribution in [2.45, 2.75) is 24.2 Å². The van der Waals surface area contributed by atoms with Crippen LogP contribution in [0.25, 0.3) is 0 Å². The van der Waals surface area contributed by atoms with Crippen LogP contribution in [0.15, 0.2) is 57.8 Å². The molecule has 3 aromatic rings. The van der Waals surface area contributed by atoms with Gasteiger partial charge in [0.05, 0.1) is 5.92 Å². The third kappa shape index (κ3) is 4.17. The predicted octanol–water partition coefficient (Wildman–Crippen LogP) is 3.87. The van der Waals surface area contributed by atoms with E-state index in [1.54, 1.807) is 28.8 Å². The summed E-state index contributed by atoms with van der Waals surface area (Å²) >= 11 is 1.65. The SMILES string of the molecule is CSc1ccc(N2C[C@@H](c3nnc(NC(=O)c4ccc(C)cc4)o3)CC2=O)cc1. The molecule has 0 radical (unpaired) electrons. The van der Waals surface area contributed by atoms with Crippen LogP contribution in [0.5, 0.6) is 0 Å². The van der Waals surface area contributed by atoms with E-state index in [0.717, 1.165) is 16.1 Å². The van der Waals surface area contributed by atoms with Crippen LogP contribution in [0.4, 0.5) is 11.7 Å². The Balaban J connectivity index is 1.43. The molecule has 1 fully saturated rings. The zero-order valence-electron chi connectivity index (χ0n) is 16.1. The van der Waals surface area contributed by atoms with Gasteiger partial charge in [-0.05, 0) is 49.6 Å². The van der Waals surface area contributed by atoms with Gasteiger partial charge < -0.3 is 9.32 Å². The van der Waals surface area contributed by atoms with Crippen LogP contribution in [-0.2, 0) is 4.79 Å². The zero-order valence-corrected chi connectivity index (χ0v) is 16.9. The quantitative estimate of drug-likeness (QED) is 0.645. The average Bonchev–Trinajstić information content (AvgIpc) is 3.35. The van der Waals surface area contributed by atoms with Crippen molar-refractivity contribution in [1.82, 2.24) is 10.2 Å². The minimum atomic E-state index is -0.321. The summed E-state index contributed by atoms with van der Waals surface area (Å²) < 4.78 is 5.62. The first kappa shape index (κ1) is 19.2. The second kappa shape index (κ2) is 8.08. The Kier molecular flexibility index (Phi) is 5.35. The van der Waals surface area contributed by atoms with Gasteiger partial charge in [0.25, 0.3) is 5.91 Å². The molecule has 1 aliphatic rings. The first-order valence-corrected chi connectivity index (χ1v) is 10.4. The van der Waals surface area contributed by atoms with E-state index in [2.05, 4.69) is 15.5 Å². The van der Waals surface area contributed by atoms with Crippen molar-refractivity contribution in [1.29, 1.82) is 0 Å². The van der Waals surface area contributed by atoms with Crippen molar-refractivity contribution in [3.63, 3.8) is 0 Å². The lowest BCUT2D eigenvalue weighted by Crippen LogP contribution is -2.24. The van der Waals surface area contributed by atoms with Gasteiger partial charge in [0.15, 0.2) is 0 Å². The highest BCUT2D eigenvalue weighted by molar-refractivity contribution is 7.98. The Bertz CT molecular complexity index is 1030. The summed E-state index contributed by atoms with van der Waals surface area (Å²) in [6.45, 7) is 2.42. The molecule has 7 nitrogen and oxygen atoms in total. The third-order valence-corrected chi connectivity index (χ3v) is 5.58. The summed E-state index contributed by atoms with van der Waals surface area (Å²) in [7, 11) is 0. The number of aryl methyl sites for hydroxylation is 1. The fraction of sp³-hybridized carbons (Fsp3) is 0.238. The molecule has 2 aromatic carbocycles. The summed E-state index contributed by atoms with van der Waals surface area (Å²) in [5.41, 5.74) is 2.43. The fourth-order valence-corrected chi connectivity index (χ4v) is 3.62. The zero-order chi connectivity index (χ0) is 20.4. The Morgan fingerprint density at radius 2 is 1.86 bits per heavy atom. The minimum Gasteiger partial charge on any atom is -0.407 e. The van der Waals surface area contributed by atoms with E-state index >= 15 is 0 Å². The molecule has 4 rings (SSSR count). The molecule has 29 heavy (non-hydrogen) atoms. The number of amides is 2. The highest BCUT2D eigenvalue weighted by atomic mass is 32.2. The first-order chi connectivity index (χ1) is 14.0. The van der Waals surface area contributed by atoms with Gasteiger partial charge in [-0.1, -0.05) is 22.8 Å². The van der Waals surface area contributed by atoms with Crippen LogP contribution < -0.4 is 10.2 Å². The van der Waals surface area contributed by atoms with Crippen LogP contribution in [-0.4, -0.2) is 34.8 Å². The monoisotopic (exact) mass is 408 g/mol. The van der Waals surface area contributed by atoms with Crippen LogP contribution >= 0.6 is 11.8 Å². The number of rotatable bonds is 5. The number of hydrogen-bond donors (Lipinski definition) is 1. The Morgan fingerprint density at radius 3 is 2.55 bits per heavy atom. The van der Waals surface area contributed by atoms with Gasteiger partial charge in [-0.15, -0.1) is 16.9 Å². The van der Waals surface area contributed by atoms with E-state index in [1.165, 1.54) is 0 Å². The molecule has 0 bridgehead atoms. The van der Waals surface area contributed by atoms with Gasteiger partial charge in [-0.2, -0.15) is 0 Å². The summed E-state index contributed by atoms with van der Waals surface area (Å²) in [5, 5.41) is 10.6. The number of carbonyl (C=O) groups is 2. The summed E-state index contributed by atoms with van der Waals surface area (Å²) in [4.78, 5) is 27.6. The van der Waals surface area contributed by atoms with Crippen molar-refractivity contribution >= 4 is 35.3 Å². The maximum atomic E-state index is 12.5. The van der Waals surface area contributed by atoms with Crippen LogP contribution in [0.1, 0.15) is 34.2 Å². The molecule has 8 heteroatoms. The molecule has 2 amide bonds. The van der Waals surface area contributed by atoms with E-state index in [9.17, 15) is 9.59 Å². The van der Waals surface area contributed by atoms with E-state index in [1.807, 2.05) is 49.6 Å². The molecule has 0 saturated carbocycles. The topological polar surface area (TPSA) is 88.3 Å². The lowest BCUT2D eigenvalue weighted by Gasteiger charge is -2.16. The fourth-order valence-electron chi connectivity index (χ4n) is 3.21. The van der Waals surface area contributed by atoms with Gasteiger partial charge in [-0.25, -0.2) is 0 Å². The van der Waals surface area contributed by atoms with Gasteiger partial charge >= 0.3 is 6.01 Å². The highest BCUT2D eigenvalue weighted by Gasteiger charge is 2.35. The molecule has 1 N–H and O–H groups in total. The molecule has 148 valence electrons. The normalized spacial score (nSPS) is 16.3. The van der Waals surface area contributed by atoms with E-state index < -0.39 is 0 Å². The molecule has 1 aliphatic heterocycles.